The number of aryl methyl sites for hydroxylation is 1. The van der Waals surface area contributed by atoms with Gasteiger partial charge in [0.25, 0.3) is 0 Å². The summed E-state index contributed by atoms with van der Waals surface area (Å²) in [6.07, 6.45) is -4.46. The second-order valence-corrected chi connectivity index (χ2v) is 6.32. The summed E-state index contributed by atoms with van der Waals surface area (Å²) in [6.45, 7) is 4.71. The Labute approximate surface area is 156 Å². The second-order valence-electron chi connectivity index (χ2n) is 6.32. The summed E-state index contributed by atoms with van der Waals surface area (Å²) in [7, 11) is 0. The number of ether oxygens (including phenoxy) is 1. The predicted octanol–water partition coefficient (Wildman–Crippen LogP) is 4.40. The lowest BCUT2D eigenvalue weighted by molar-refractivity contribution is -0.137. The van der Waals surface area contributed by atoms with E-state index in [0.29, 0.717) is 13.2 Å². The van der Waals surface area contributed by atoms with Gasteiger partial charge in [-0.25, -0.2) is 0 Å². The zero-order valence-corrected chi connectivity index (χ0v) is 15.3. The topological polar surface area (TPSA) is 50.4 Å². The molecule has 0 fully saturated rings. The van der Waals surface area contributed by atoms with Gasteiger partial charge in [0.1, 0.15) is 12.4 Å². The number of carbonyl (C=O) groups excluding carboxylic acids is 1. The van der Waals surface area contributed by atoms with E-state index in [9.17, 15) is 18.0 Å². The van der Waals surface area contributed by atoms with Gasteiger partial charge in [0, 0.05) is 19.0 Å². The van der Waals surface area contributed by atoms with Crippen molar-refractivity contribution in [3.63, 3.8) is 0 Å². The minimum absolute atomic E-state index is 0.0522. The van der Waals surface area contributed by atoms with Gasteiger partial charge in [-0.3, -0.25) is 4.79 Å². The monoisotopic (exact) mass is 380 g/mol. The van der Waals surface area contributed by atoms with Crippen molar-refractivity contribution in [1.29, 1.82) is 0 Å². The van der Waals surface area contributed by atoms with Gasteiger partial charge in [0.05, 0.1) is 11.3 Å². The number of alkyl halides is 3. The molecule has 146 valence electrons. The Kier molecular flexibility index (Phi) is 7.24. The average molecular weight is 380 g/mol. The van der Waals surface area contributed by atoms with Crippen LogP contribution in [0.4, 0.5) is 18.9 Å². The Morgan fingerprint density at radius 1 is 1.15 bits per heavy atom. The number of para-hydroxylation sites is 1. The number of carbonyl (C=O) groups is 1. The molecule has 2 aromatic carbocycles. The maximum Gasteiger partial charge on any atom is 0.418 e. The molecule has 2 N–H and O–H groups in total. The van der Waals surface area contributed by atoms with Crippen LogP contribution in [0.5, 0.6) is 5.75 Å². The number of anilines is 1. The SMILES string of the molecule is Cc1cccc(OCCNC(C)CC(=O)Nc2ccccc2C(F)(F)F)c1. The fraction of sp³-hybridized carbons (Fsp3) is 0.350. The van der Waals surface area contributed by atoms with Crippen LogP contribution in [0.15, 0.2) is 48.5 Å². The minimum atomic E-state index is -4.51. The number of hydrogen-bond acceptors (Lipinski definition) is 3. The summed E-state index contributed by atoms with van der Waals surface area (Å²) in [5.41, 5.74) is 0.0140. The van der Waals surface area contributed by atoms with Crippen molar-refractivity contribution in [1.82, 2.24) is 5.32 Å². The molecule has 27 heavy (non-hydrogen) atoms. The van der Waals surface area contributed by atoms with Gasteiger partial charge < -0.3 is 15.4 Å². The Morgan fingerprint density at radius 3 is 2.59 bits per heavy atom. The normalized spacial score (nSPS) is 12.5. The van der Waals surface area contributed by atoms with Gasteiger partial charge in [-0.2, -0.15) is 13.2 Å². The first-order valence-corrected chi connectivity index (χ1v) is 8.64. The molecule has 0 aliphatic heterocycles. The van der Waals surface area contributed by atoms with E-state index in [1.807, 2.05) is 31.2 Å². The minimum Gasteiger partial charge on any atom is -0.492 e. The largest absolute Gasteiger partial charge is 0.492 e. The molecular weight excluding hydrogens is 357 g/mol. The predicted molar refractivity (Wildman–Crippen MR) is 98.8 cm³/mol. The van der Waals surface area contributed by atoms with Crippen LogP contribution in [0.1, 0.15) is 24.5 Å². The van der Waals surface area contributed by atoms with E-state index in [4.69, 9.17) is 4.74 Å². The molecule has 0 heterocycles. The molecule has 0 aliphatic rings. The second kappa shape index (κ2) is 9.41. The molecule has 7 heteroatoms. The molecule has 0 saturated carbocycles. The van der Waals surface area contributed by atoms with E-state index in [0.717, 1.165) is 17.4 Å². The van der Waals surface area contributed by atoms with E-state index in [1.165, 1.54) is 18.2 Å². The van der Waals surface area contributed by atoms with Gasteiger partial charge >= 0.3 is 6.18 Å². The van der Waals surface area contributed by atoms with Crippen molar-refractivity contribution < 1.29 is 22.7 Å². The van der Waals surface area contributed by atoms with Crippen molar-refractivity contribution in [3.8, 4) is 5.75 Å². The van der Waals surface area contributed by atoms with Crippen LogP contribution in [0, 0.1) is 6.92 Å². The summed E-state index contributed by atoms with van der Waals surface area (Å²) in [6, 6.07) is 12.4. The van der Waals surface area contributed by atoms with E-state index in [1.54, 1.807) is 6.92 Å². The van der Waals surface area contributed by atoms with Gasteiger partial charge in [-0.15, -0.1) is 0 Å². The van der Waals surface area contributed by atoms with E-state index in [-0.39, 0.29) is 18.2 Å². The quantitative estimate of drug-likeness (QED) is 0.668. The third kappa shape index (κ3) is 6.94. The molecule has 1 amide bonds. The third-order valence-electron chi connectivity index (χ3n) is 3.85. The summed E-state index contributed by atoms with van der Waals surface area (Å²) in [5.74, 6) is 0.289. The zero-order chi connectivity index (χ0) is 19.9. The highest BCUT2D eigenvalue weighted by Crippen LogP contribution is 2.34. The van der Waals surface area contributed by atoms with Gasteiger partial charge in [0.2, 0.25) is 5.91 Å². The molecule has 1 atom stereocenters. The molecule has 0 bridgehead atoms. The average Bonchev–Trinajstić information content (AvgIpc) is 2.58. The molecule has 0 radical (unpaired) electrons. The molecule has 2 rings (SSSR count). The molecule has 1 unspecified atom stereocenters. The number of halogens is 3. The number of amides is 1. The first-order chi connectivity index (χ1) is 12.8. The Morgan fingerprint density at radius 2 is 1.89 bits per heavy atom. The van der Waals surface area contributed by atoms with Crippen LogP contribution in [0.25, 0.3) is 0 Å². The number of benzene rings is 2. The van der Waals surface area contributed by atoms with Crippen LogP contribution in [-0.2, 0) is 11.0 Å². The van der Waals surface area contributed by atoms with Gasteiger partial charge in [-0.05, 0) is 43.7 Å². The number of hydrogen-bond donors (Lipinski definition) is 2. The van der Waals surface area contributed by atoms with E-state index < -0.39 is 17.6 Å². The molecule has 0 spiro atoms. The highest BCUT2D eigenvalue weighted by Gasteiger charge is 2.33. The van der Waals surface area contributed by atoms with Crippen molar-refractivity contribution in [2.75, 3.05) is 18.5 Å². The maximum absolute atomic E-state index is 13.0. The summed E-state index contributed by atoms with van der Waals surface area (Å²) in [5, 5.41) is 5.46. The summed E-state index contributed by atoms with van der Waals surface area (Å²) < 4.78 is 44.5. The highest BCUT2D eigenvalue weighted by molar-refractivity contribution is 5.92. The smallest absolute Gasteiger partial charge is 0.418 e. The number of rotatable bonds is 8. The summed E-state index contributed by atoms with van der Waals surface area (Å²) in [4.78, 5) is 12.0. The fourth-order valence-corrected chi connectivity index (χ4v) is 2.57. The number of nitrogens with one attached hydrogen (secondary N) is 2. The standard InChI is InChI=1S/C20H23F3N2O2/c1-14-6-5-7-16(12-14)27-11-10-24-15(2)13-19(26)25-18-9-4-3-8-17(18)20(21,22)23/h3-9,12,15,24H,10-11,13H2,1-2H3,(H,25,26). The van der Waals surface area contributed by atoms with Crippen molar-refractivity contribution in [2.24, 2.45) is 0 Å². The molecule has 0 aliphatic carbocycles. The van der Waals surface area contributed by atoms with Crippen molar-refractivity contribution in [3.05, 3.63) is 59.7 Å². The molecule has 0 aromatic heterocycles. The Balaban J connectivity index is 1.76. The molecule has 0 saturated heterocycles. The maximum atomic E-state index is 13.0. The molecular formula is C20H23F3N2O2. The van der Waals surface area contributed by atoms with Crippen LogP contribution in [0.3, 0.4) is 0 Å². The fourth-order valence-electron chi connectivity index (χ4n) is 2.57. The molecule has 4 nitrogen and oxygen atoms in total. The third-order valence-corrected chi connectivity index (χ3v) is 3.85. The Bertz CT molecular complexity index is 763. The van der Waals surface area contributed by atoms with Crippen LogP contribution >= 0.6 is 0 Å². The van der Waals surface area contributed by atoms with Gasteiger partial charge in [-0.1, -0.05) is 24.3 Å². The van der Waals surface area contributed by atoms with Crippen molar-refractivity contribution >= 4 is 11.6 Å². The van der Waals surface area contributed by atoms with E-state index >= 15 is 0 Å². The highest BCUT2D eigenvalue weighted by atomic mass is 19.4. The van der Waals surface area contributed by atoms with Crippen molar-refractivity contribution in [2.45, 2.75) is 32.5 Å². The lowest BCUT2D eigenvalue weighted by Gasteiger charge is -2.16. The lowest BCUT2D eigenvalue weighted by Crippen LogP contribution is -2.33. The van der Waals surface area contributed by atoms with E-state index in [2.05, 4.69) is 10.6 Å². The first-order valence-electron chi connectivity index (χ1n) is 8.64. The van der Waals surface area contributed by atoms with Crippen LogP contribution in [-0.4, -0.2) is 25.1 Å². The lowest BCUT2D eigenvalue weighted by atomic mass is 10.1. The van der Waals surface area contributed by atoms with Gasteiger partial charge in [0.15, 0.2) is 0 Å². The summed E-state index contributed by atoms with van der Waals surface area (Å²) >= 11 is 0. The zero-order valence-electron chi connectivity index (χ0n) is 15.3. The molecule has 2 aromatic rings. The first kappa shape index (κ1) is 20.8. The van der Waals surface area contributed by atoms with Crippen LogP contribution in [0.2, 0.25) is 0 Å². The Hall–Kier alpha value is -2.54. The van der Waals surface area contributed by atoms with Crippen LogP contribution < -0.4 is 15.4 Å².